The monoisotopic (exact) mass is 358 g/mol. The number of ether oxygens (including phenoxy) is 3. The van der Waals surface area contributed by atoms with E-state index in [0.717, 1.165) is 0 Å². The summed E-state index contributed by atoms with van der Waals surface area (Å²) >= 11 is 0. The standard InChI is InChI=1S/C18H22N4O4/c1-24-15-6-4-3-5-14(15)17(23)22-11-9-21(10-12-22)13-26-18-19-8-7-16(20-18)25-2/h3-8H,9-13H2,1-2H3. The molecule has 0 spiro atoms. The third-order valence-corrected chi connectivity index (χ3v) is 4.19. The molecule has 0 bridgehead atoms. The van der Waals surface area contributed by atoms with E-state index in [2.05, 4.69) is 14.9 Å². The second-order valence-corrected chi connectivity index (χ2v) is 5.77. The molecule has 0 unspecified atom stereocenters. The van der Waals surface area contributed by atoms with E-state index < -0.39 is 0 Å². The first-order valence-corrected chi connectivity index (χ1v) is 8.35. The summed E-state index contributed by atoms with van der Waals surface area (Å²) in [6, 6.07) is 9.22. The van der Waals surface area contributed by atoms with Crippen molar-refractivity contribution in [1.29, 1.82) is 0 Å². The van der Waals surface area contributed by atoms with Crippen molar-refractivity contribution in [2.45, 2.75) is 0 Å². The van der Waals surface area contributed by atoms with Crippen LogP contribution in [-0.4, -0.2) is 72.8 Å². The summed E-state index contributed by atoms with van der Waals surface area (Å²) in [5, 5.41) is 0. The van der Waals surface area contributed by atoms with Gasteiger partial charge in [-0.1, -0.05) is 12.1 Å². The van der Waals surface area contributed by atoms with E-state index in [1.54, 1.807) is 38.6 Å². The second kappa shape index (κ2) is 8.48. The molecule has 2 heterocycles. The van der Waals surface area contributed by atoms with E-state index in [1.165, 1.54) is 0 Å². The average molecular weight is 358 g/mol. The number of carbonyl (C=O) groups excluding carboxylic acids is 1. The summed E-state index contributed by atoms with van der Waals surface area (Å²) in [7, 11) is 3.12. The smallest absolute Gasteiger partial charge is 0.321 e. The van der Waals surface area contributed by atoms with Gasteiger partial charge >= 0.3 is 6.01 Å². The van der Waals surface area contributed by atoms with Crippen LogP contribution in [0.4, 0.5) is 0 Å². The minimum atomic E-state index is -0.0147. The highest BCUT2D eigenvalue weighted by molar-refractivity contribution is 5.97. The van der Waals surface area contributed by atoms with Crippen molar-refractivity contribution in [3.8, 4) is 17.6 Å². The molecule has 3 rings (SSSR count). The Morgan fingerprint density at radius 3 is 2.58 bits per heavy atom. The zero-order valence-corrected chi connectivity index (χ0v) is 14.9. The number of nitrogens with zero attached hydrogens (tertiary/aromatic N) is 4. The predicted octanol–water partition coefficient (Wildman–Crippen LogP) is 1.29. The largest absolute Gasteiger partial charge is 0.496 e. The molecule has 2 aromatic rings. The number of carbonyl (C=O) groups is 1. The minimum absolute atomic E-state index is 0.0147. The van der Waals surface area contributed by atoms with Crippen LogP contribution in [0.5, 0.6) is 17.6 Å². The number of amides is 1. The van der Waals surface area contributed by atoms with Crippen LogP contribution < -0.4 is 14.2 Å². The Morgan fingerprint density at radius 1 is 1.08 bits per heavy atom. The topological polar surface area (TPSA) is 77.0 Å². The summed E-state index contributed by atoms with van der Waals surface area (Å²) in [5.74, 6) is 1.04. The van der Waals surface area contributed by atoms with Gasteiger partial charge in [-0.2, -0.15) is 4.98 Å². The van der Waals surface area contributed by atoms with Crippen molar-refractivity contribution >= 4 is 5.91 Å². The van der Waals surface area contributed by atoms with E-state index in [9.17, 15) is 4.79 Å². The highest BCUT2D eigenvalue weighted by Gasteiger charge is 2.24. The molecule has 1 aliphatic rings. The fourth-order valence-electron chi connectivity index (χ4n) is 2.73. The lowest BCUT2D eigenvalue weighted by atomic mass is 10.1. The fourth-order valence-corrected chi connectivity index (χ4v) is 2.73. The summed E-state index contributed by atoms with van der Waals surface area (Å²) in [4.78, 5) is 24.8. The Hall–Kier alpha value is -2.87. The first-order valence-electron chi connectivity index (χ1n) is 8.35. The van der Waals surface area contributed by atoms with Crippen molar-refractivity contribution < 1.29 is 19.0 Å². The molecule has 0 atom stereocenters. The Bertz CT molecular complexity index is 747. The van der Waals surface area contributed by atoms with E-state index >= 15 is 0 Å². The average Bonchev–Trinajstić information content (AvgIpc) is 2.72. The zero-order valence-electron chi connectivity index (χ0n) is 14.9. The number of rotatable bonds is 6. The lowest BCUT2D eigenvalue weighted by Crippen LogP contribution is -2.49. The maximum absolute atomic E-state index is 12.7. The van der Waals surface area contributed by atoms with Crippen LogP contribution in [0, 0.1) is 0 Å². The molecule has 0 aliphatic carbocycles. The summed E-state index contributed by atoms with van der Waals surface area (Å²) in [6.45, 7) is 3.04. The normalized spacial score (nSPS) is 14.8. The van der Waals surface area contributed by atoms with Gasteiger partial charge in [0, 0.05) is 38.4 Å². The molecule has 1 saturated heterocycles. The molecular weight excluding hydrogens is 336 g/mol. The first kappa shape index (κ1) is 17.9. The summed E-state index contributed by atoms with van der Waals surface area (Å²) < 4.78 is 15.9. The summed E-state index contributed by atoms with van der Waals surface area (Å²) in [5.41, 5.74) is 0.587. The van der Waals surface area contributed by atoms with Crippen LogP contribution >= 0.6 is 0 Å². The van der Waals surface area contributed by atoms with E-state index in [-0.39, 0.29) is 11.9 Å². The number of benzene rings is 1. The van der Waals surface area contributed by atoms with Gasteiger partial charge in [-0.05, 0) is 12.1 Å². The molecular formula is C18H22N4O4. The van der Waals surface area contributed by atoms with Gasteiger partial charge in [-0.15, -0.1) is 0 Å². The highest BCUT2D eigenvalue weighted by atomic mass is 16.5. The third-order valence-electron chi connectivity index (χ3n) is 4.19. The van der Waals surface area contributed by atoms with Crippen LogP contribution in [0.3, 0.4) is 0 Å². The van der Waals surface area contributed by atoms with Gasteiger partial charge < -0.3 is 19.1 Å². The molecule has 138 valence electrons. The number of hydrogen-bond acceptors (Lipinski definition) is 7. The lowest BCUT2D eigenvalue weighted by Gasteiger charge is -2.34. The maximum Gasteiger partial charge on any atom is 0.321 e. The zero-order chi connectivity index (χ0) is 18.4. The molecule has 26 heavy (non-hydrogen) atoms. The van der Waals surface area contributed by atoms with Gasteiger partial charge in [0.1, 0.15) is 12.5 Å². The number of para-hydroxylation sites is 1. The van der Waals surface area contributed by atoms with Crippen LogP contribution in [0.25, 0.3) is 0 Å². The minimum Gasteiger partial charge on any atom is -0.496 e. The molecule has 8 nitrogen and oxygen atoms in total. The Labute approximate surface area is 152 Å². The fraction of sp³-hybridized carbons (Fsp3) is 0.389. The number of methoxy groups -OCH3 is 2. The van der Waals surface area contributed by atoms with Crippen LogP contribution in [-0.2, 0) is 0 Å². The molecule has 1 aromatic heterocycles. The Morgan fingerprint density at radius 2 is 1.85 bits per heavy atom. The second-order valence-electron chi connectivity index (χ2n) is 5.77. The van der Waals surface area contributed by atoms with Crippen LogP contribution in [0.15, 0.2) is 36.5 Å². The van der Waals surface area contributed by atoms with Gasteiger partial charge in [-0.3, -0.25) is 9.69 Å². The van der Waals surface area contributed by atoms with E-state index in [0.29, 0.717) is 50.1 Å². The molecule has 8 heteroatoms. The molecule has 0 radical (unpaired) electrons. The van der Waals surface area contributed by atoms with Crippen molar-refractivity contribution in [3.63, 3.8) is 0 Å². The Balaban J connectivity index is 1.51. The van der Waals surface area contributed by atoms with E-state index in [4.69, 9.17) is 14.2 Å². The van der Waals surface area contributed by atoms with Crippen molar-refractivity contribution in [1.82, 2.24) is 19.8 Å². The lowest BCUT2D eigenvalue weighted by molar-refractivity contribution is 0.0458. The van der Waals surface area contributed by atoms with Crippen molar-refractivity contribution in [3.05, 3.63) is 42.1 Å². The van der Waals surface area contributed by atoms with Gasteiger partial charge in [0.2, 0.25) is 5.88 Å². The molecule has 1 aromatic carbocycles. The number of aromatic nitrogens is 2. The molecule has 1 fully saturated rings. The SMILES string of the molecule is COc1ccnc(OCN2CCN(C(=O)c3ccccc3OC)CC2)n1. The van der Waals surface area contributed by atoms with Gasteiger partial charge in [0.05, 0.1) is 19.8 Å². The number of piperazine rings is 1. The molecule has 0 N–H and O–H groups in total. The van der Waals surface area contributed by atoms with E-state index in [1.807, 2.05) is 17.0 Å². The van der Waals surface area contributed by atoms with Crippen molar-refractivity contribution in [2.24, 2.45) is 0 Å². The third kappa shape index (κ3) is 4.20. The summed E-state index contributed by atoms with van der Waals surface area (Å²) in [6.07, 6.45) is 1.59. The van der Waals surface area contributed by atoms with Gasteiger partial charge in [0.15, 0.2) is 0 Å². The predicted molar refractivity (Wildman–Crippen MR) is 94.5 cm³/mol. The number of hydrogen-bond donors (Lipinski definition) is 0. The van der Waals surface area contributed by atoms with Crippen molar-refractivity contribution in [2.75, 3.05) is 47.1 Å². The van der Waals surface area contributed by atoms with Crippen LogP contribution in [0.1, 0.15) is 10.4 Å². The molecule has 1 aliphatic heterocycles. The van der Waals surface area contributed by atoms with Crippen LogP contribution in [0.2, 0.25) is 0 Å². The van der Waals surface area contributed by atoms with Gasteiger partial charge in [-0.25, -0.2) is 4.98 Å². The Kier molecular flexibility index (Phi) is 5.85. The first-order chi connectivity index (χ1) is 12.7. The highest BCUT2D eigenvalue weighted by Crippen LogP contribution is 2.20. The van der Waals surface area contributed by atoms with Gasteiger partial charge in [0.25, 0.3) is 5.91 Å². The molecule has 1 amide bonds. The maximum atomic E-state index is 12.7. The molecule has 0 saturated carbocycles. The quantitative estimate of drug-likeness (QED) is 0.770.